The summed E-state index contributed by atoms with van der Waals surface area (Å²) in [6.07, 6.45) is 3.33. The molecule has 1 atom stereocenters. The van der Waals surface area contributed by atoms with Crippen LogP contribution >= 0.6 is 0 Å². The van der Waals surface area contributed by atoms with Gasteiger partial charge in [-0.1, -0.05) is 6.92 Å². The monoisotopic (exact) mass is 264 g/mol. The Morgan fingerprint density at radius 2 is 2.05 bits per heavy atom. The third-order valence-electron chi connectivity index (χ3n) is 3.34. The number of aryl methyl sites for hydroxylation is 1. The summed E-state index contributed by atoms with van der Waals surface area (Å²) in [5.74, 6) is 2.53. The second kappa shape index (κ2) is 6.19. The third kappa shape index (κ3) is 4.06. The van der Waals surface area contributed by atoms with Crippen LogP contribution in [0.5, 0.6) is 0 Å². The molecule has 2 heterocycles. The fraction of sp³-hybridized carbons (Fsp3) is 0.714. The van der Waals surface area contributed by atoms with Gasteiger partial charge in [0.05, 0.1) is 5.60 Å². The first-order valence-electron chi connectivity index (χ1n) is 7.09. The zero-order chi connectivity index (χ0) is 13.7. The summed E-state index contributed by atoms with van der Waals surface area (Å²) in [5, 5.41) is 6.66. The fourth-order valence-electron chi connectivity index (χ4n) is 2.26. The number of nitrogens with one attached hydrogen (secondary N) is 2. The summed E-state index contributed by atoms with van der Waals surface area (Å²) in [7, 11) is 0. The van der Waals surface area contributed by atoms with Gasteiger partial charge in [-0.15, -0.1) is 0 Å². The van der Waals surface area contributed by atoms with E-state index >= 15 is 0 Å². The van der Waals surface area contributed by atoms with Crippen LogP contribution in [0.25, 0.3) is 0 Å². The Morgan fingerprint density at radius 1 is 1.32 bits per heavy atom. The van der Waals surface area contributed by atoms with E-state index in [1.807, 2.05) is 13.0 Å². The van der Waals surface area contributed by atoms with Crippen LogP contribution in [0.2, 0.25) is 0 Å². The van der Waals surface area contributed by atoms with Crippen LogP contribution < -0.4 is 10.6 Å². The van der Waals surface area contributed by atoms with Crippen LogP contribution in [0.3, 0.4) is 0 Å². The molecule has 1 unspecified atom stereocenters. The molecule has 0 bridgehead atoms. The molecular formula is C14H24N4O. The Morgan fingerprint density at radius 3 is 2.68 bits per heavy atom. The number of aromatic nitrogens is 2. The minimum Gasteiger partial charge on any atom is -0.373 e. The molecule has 1 saturated heterocycles. The molecule has 1 fully saturated rings. The highest BCUT2D eigenvalue weighted by molar-refractivity contribution is 5.47. The Bertz CT molecular complexity index is 416. The first kappa shape index (κ1) is 14.1. The standard InChI is InChI=1S/C14H24N4O/c1-4-7-15-12-9-13(18-11(2)17-12)16-10-14(3)6-5-8-19-14/h9H,4-8,10H2,1-3H3,(H2,15,16,17,18). The number of anilines is 2. The van der Waals surface area contributed by atoms with Crippen molar-refractivity contribution in [2.75, 3.05) is 30.3 Å². The van der Waals surface area contributed by atoms with E-state index in [2.05, 4.69) is 34.4 Å². The molecule has 0 aliphatic carbocycles. The quantitative estimate of drug-likeness (QED) is 0.827. The summed E-state index contributed by atoms with van der Waals surface area (Å²) in [6, 6.07) is 1.96. The molecule has 19 heavy (non-hydrogen) atoms. The first-order valence-corrected chi connectivity index (χ1v) is 7.09. The van der Waals surface area contributed by atoms with Crippen molar-refractivity contribution in [1.82, 2.24) is 9.97 Å². The van der Waals surface area contributed by atoms with Crippen molar-refractivity contribution < 1.29 is 4.74 Å². The van der Waals surface area contributed by atoms with E-state index in [1.165, 1.54) is 0 Å². The zero-order valence-corrected chi connectivity index (χ0v) is 12.1. The molecule has 1 aromatic rings. The number of hydrogen-bond donors (Lipinski definition) is 2. The van der Waals surface area contributed by atoms with Gasteiger partial charge in [0.25, 0.3) is 0 Å². The molecule has 106 valence electrons. The largest absolute Gasteiger partial charge is 0.373 e. The van der Waals surface area contributed by atoms with E-state index in [1.54, 1.807) is 0 Å². The van der Waals surface area contributed by atoms with Crippen LogP contribution in [0.4, 0.5) is 11.6 Å². The minimum atomic E-state index is -0.0597. The third-order valence-corrected chi connectivity index (χ3v) is 3.34. The van der Waals surface area contributed by atoms with Crippen molar-refractivity contribution in [2.24, 2.45) is 0 Å². The van der Waals surface area contributed by atoms with Gasteiger partial charge in [-0.3, -0.25) is 0 Å². The van der Waals surface area contributed by atoms with Gasteiger partial charge in [-0.2, -0.15) is 0 Å². The predicted molar refractivity (Wildman–Crippen MR) is 77.6 cm³/mol. The highest BCUT2D eigenvalue weighted by atomic mass is 16.5. The second-order valence-electron chi connectivity index (χ2n) is 5.37. The van der Waals surface area contributed by atoms with Gasteiger partial charge in [0.15, 0.2) is 0 Å². The molecule has 0 spiro atoms. The predicted octanol–water partition coefficient (Wildman–Crippen LogP) is 2.59. The van der Waals surface area contributed by atoms with Gasteiger partial charge in [0.1, 0.15) is 17.5 Å². The number of rotatable bonds is 6. The number of hydrogen-bond acceptors (Lipinski definition) is 5. The van der Waals surface area contributed by atoms with Crippen LogP contribution in [-0.2, 0) is 4.74 Å². The molecule has 1 aliphatic rings. The van der Waals surface area contributed by atoms with Gasteiger partial charge in [0.2, 0.25) is 0 Å². The summed E-state index contributed by atoms with van der Waals surface area (Å²) in [5.41, 5.74) is -0.0597. The highest BCUT2D eigenvalue weighted by Crippen LogP contribution is 2.25. The van der Waals surface area contributed by atoms with Crippen LogP contribution in [0, 0.1) is 6.92 Å². The lowest BCUT2D eigenvalue weighted by molar-refractivity contribution is 0.0314. The smallest absolute Gasteiger partial charge is 0.131 e. The molecule has 0 saturated carbocycles. The molecule has 5 nitrogen and oxygen atoms in total. The molecule has 0 radical (unpaired) electrons. The Labute approximate surface area is 115 Å². The summed E-state index contributed by atoms with van der Waals surface area (Å²) < 4.78 is 5.77. The van der Waals surface area contributed by atoms with Crippen LogP contribution in [-0.4, -0.2) is 35.3 Å². The van der Waals surface area contributed by atoms with E-state index in [0.717, 1.165) is 56.4 Å². The van der Waals surface area contributed by atoms with Gasteiger partial charge >= 0.3 is 0 Å². The van der Waals surface area contributed by atoms with Gasteiger partial charge in [-0.25, -0.2) is 9.97 Å². The highest BCUT2D eigenvalue weighted by Gasteiger charge is 2.29. The summed E-state index contributed by atoms with van der Waals surface area (Å²) in [4.78, 5) is 8.79. The Hall–Kier alpha value is -1.36. The molecule has 0 aromatic carbocycles. The van der Waals surface area contributed by atoms with Crippen molar-refractivity contribution in [3.8, 4) is 0 Å². The van der Waals surface area contributed by atoms with Crippen molar-refractivity contribution in [2.45, 2.75) is 45.6 Å². The van der Waals surface area contributed by atoms with E-state index < -0.39 is 0 Å². The van der Waals surface area contributed by atoms with Crippen molar-refractivity contribution >= 4 is 11.6 Å². The van der Waals surface area contributed by atoms with Gasteiger partial charge in [-0.05, 0) is 33.1 Å². The molecule has 0 amide bonds. The van der Waals surface area contributed by atoms with E-state index in [4.69, 9.17) is 4.74 Å². The second-order valence-corrected chi connectivity index (χ2v) is 5.37. The fourth-order valence-corrected chi connectivity index (χ4v) is 2.26. The minimum absolute atomic E-state index is 0.0597. The van der Waals surface area contributed by atoms with Crippen molar-refractivity contribution in [3.63, 3.8) is 0 Å². The molecule has 2 rings (SSSR count). The molecule has 1 aromatic heterocycles. The molecule has 2 N–H and O–H groups in total. The molecule has 5 heteroatoms. The van der Waals surface area contributed by atoms with Gasteiger partial charge in [0, 0.05) is 25.8 Å². The number of ether oxygens (including phenoxy) is 1. The first-order chi connectivity index (χ1) is 9.11. The van der Waals surface area contributed by atoms with Crippen molar-refractivity contribution in [1.29, 1.82) is 0 Å². The van der Waals surface area contributed by atoms with Crippen LogP contribution in [0.15, 0.2) is 6.07 Å². The van der Waals surface area contributed by atoms with Gasteiger partial charge < -0.3 is 15.4 Å². The zero-order valence-electron chi connectivity index (χ0n) is 12.1. The maximum atomic E-state index is 5.77. The molecule has 1 aliphatic heterocycles. The summed E-state index contributed by atoms with van der Waals surface area (Å²) in [6.45, 7) is 8.78. The lowest BCUT2D eigenvalue weighted by Crippen LogP contribution is -2.32. The van der Waals surface area contributed by atoms with Crippen molar-refractivity contribution in [3.05, 3.63) is 11.9 Å². The Balaban J connectivity index is 1.97. The lowest BCUT2D eigenvalue weighted by atomic mass is 10.0. The average molecular weight is 264 g/mol. The average Bonchev–Trinajstić information content (AvgIpc) is 2.81. The number of nitrogens with zero attached hydrogens (tertiary/aromatic N) is 2. The Kier molecular flexibility index (Phi) is 4.58. The lowest BCUT2D eigenvalue weighted by Gasteiger charge is -2.23. The van der Waals surface area contributed by atoms with E-state index in [9.17, 15) is 0 Å². The maximum Gasteiger partial charge on any atom is 0.131 e. The molecular weight excluding hydrogens is 240 g/mol. The maximum absolute atomic E-state index is 5.77. The SMILES string of the molecule is CCCNc1cc(NCC2(C)CCCO2)nc(C)n1. The topological polar surface area (TPSA) is 59.1 Å². The van der Waals surface area contributed by atoms with E-state index in [0.29, 0.717) is 0 Å². The van der Waals surface area contributed by atoms with E-state index in [-0.39, 0.29) is 5.60 Å². The van der Waals surface area contributed by atoms with Crippen LogP contribution in [0.1, 0.15) is 38.9 Å². The summed E-state index contributed by atoms with van der Waals surface area (Å²) >= 11 is 0. The normalized spacial score (nSPS) is 22.5.